The molecule has 1 fully saturated rings. The van der Waals surface area contributed by atoms with E-state index in [0.29, 0.717) is 0 Å². The maximum atomic E-state index is 13.0. The molecule has 0 aromatic carbocycles. The lowest BCUT2D eigenvalue weighted by atomic mass is 10.2. The lowest BCUT2D eigenvalue weighted by molar-refractivity contribution is 0.347. The summed E-state index contributed by atoms with van der Waals surface area (Å²) in [7, 11) is -6.50. The fourth-order valence-corrected chi connectivity index (χ4v) is 23.0. The molecule has 108 valence electrons. The summed E-state index contributed by atoms with van der Waals surface area (Å²) in [5.74, 6) is 0. The van der Waals surface area contributed by atoms with Crippen LogP contribution in [0.5, 0.6) is 0 Å². The molecule has 0 bridgehead atoms. The van der Waals surface area contributed by atoms with Gasteiger partial charge in [-0.25, -0.2) is 12.7 Å². The van der Waals surface area contributed by atoms with Gasteiger partial charge in [-0.05, 0) is 12.8 Å². The summed E-state index contributed by atoms with van der Waals surface area (Å²) in [6.07, 6.45) is 3.24. The third-order valence-electron chi connectivity index (χ3n) is 3.55. The summed E-state index contributed by atoms with van der Waals surface area (Å²) in [6.45, 7) is 14.7. The van der Waals surface area contributed by atoms with Gasteiger partial charge in [0.15, 0.2) is 0 Å². The van der Waals surface area contributed by atoms with E-state index in [1.165, 1.54) is 6.42 Å². The van der Waals surface area contributed by atoms with Crippen molar-refractivity contribution in [2.45, 2.75) is 63.0 Å². The summed E-state index contributed by atoms with van der Waals surface area (Å²) in [6, 6.07) is 0. The molecule has 6 heteroatoms. The first kappa shape index (κ1) is 16.4. The Labute approximate surface area is 115 Å². The van der Waals surface area contributed by atoms with Crippen LogP contribution in [0.2, 0.25) is 39.3 Å². The van der Waals surface area contributed by atoms with Crippen molar-refractivity contribution in [1.29, 1.82) is 0 Å². The maximum Gasteiger partial charge on any atom is 0.211 e. The zero-order chi connectivity index (χ0) is 14.2. The summed E-state index contributed by atoms with van der Waals surface area (Å²) >= 11 is 0. The SMILES string of the molecule is C[Si](C)(C)C([Si](C)(C)C)S(=O)(=O)N1CCCCC1. The summed E-state index contributed by atoms with van der Waals surface area (Å²) in [5.41, 5.74) is 0. The van der Waals surface area contributed by atoms with Crippen LogP contribution >= 0.6 is 0 Å². The minimum atomic E-state index is -3.08. The van der Waals surface area contributed by atoms with Gasteiger partial charge < -0.3 is 0 Å². The Kier molecular flexibility index (Phi) is 4.90. The van der Waals surface area contributed by atoms with Gasteiger partial charge in [0.05, 0.1) is 20.6 Å². The van der Waals surface area contributed by atoms with Gasteiger partial charge in [-0.15, -0.1) is 0 Å². The van der Waals surface area contributed by atoms with Crippen molar-refractivity contribution in [3.63, 3.8) is 0 Å². The van der Waals surface area contributed by atoms with Gasteiger partial charge >= 0.3 is 0 Å². The third-order valence-corrected chi connectivity index (χ3v) is 19.6. The van der Waals surface area contributed by atoms with Crippen molar-refractivity contribution in [2.24, 2.45) is 0 Å². The Bertz CT molecular complexity index is 362. The molecule has 0 aromatic rings. The van der Waals surface area contributed by atoms with Crippen LogP contribution < -0.4 is 0 Å². The van der Waals surface area contributed by atoms with Crippen LogP contribution in [0.15, 0.2) is 0 Å². The number of rotatable bonds is 4. The smallest absolute Gasteiger partial charge is 0.211 e. The number of hydrogen-bond donors (Lipinski definition) is 0. The molecule has 0 N–H and O–H groups in total. The molecule has 0 aliphatic carbocycles. The molecular formula is C12H29NO2SSi2. The van der Waals surface area contributed by atoms with E-state index >= 15 is 0 Å². The summed E-state index contributed by atoms with van der Waals surface area (Å²) < 4.78 is 27.7. The van der Waals surface area contributed by atoms with Crippen molar-refractivity contribution in [2.75, 3.05) is 13.1 Å². The average molecular weight is 308 g/mol. The van der Waals surface area contributed by atoms with Crippen LogP contribution in [0.3, 0.4) is 0 Å². The monoisotopic (exact) mass is 307 g/mol. The van der Waals surface area contributed by atoms with E-state index < -0.39 is 26.2 Å². The second kappa shape index (κ2) is 5.38. The van der Waals surface area contributed by atoms with Gasteiger partial charge in [0.25, 0.3) is 0 Å². The van der Waals surface area contributed by atoms with Crippen LogP contribution in [0.4, 0.5) is 0 Å². The van der Waals surface area contributed by atoms with E-state index in [-0.39, 0.29) is 4.50 Å². The van der Waals surface area contributed by atoms with E-state index in [2.05, 4.69) is 39.3 Å². The van der Waals surface area contributed by atoms with Crippen molar-refractivity contribution in [3.05, 3.63) is 0 Å². The normalized spacial score (nSPS) is 20.4. The van der Waals surface area contributed by atoms with E-state index in [1.807, 2.05) is 0 Å². The van der Waals surface area contributed by atoms with Crippen LogP contribution in [0, 0.1) is 0 Å². The fourth-order valence-electron chi connectivity index (χ4n) is 3.46. The molecule has 1 saturated heterocycles. The van der Waals surface area contributed by atoms with Crippen LogP contribution in [-0.4, -0.2) is 46.5 Å². The first-order valence-electron chi connectivity index (χ1n) is 6.96. The van der Waals surface area contributed by atoms with Crippen LogP contribution in [-0.2, 0) is 10.0 Å². The lowest BCUT2D eigenvalue weighted by Gasteiger charge is -2.41. The number of hydrogen-bond acceptors (Lipinski definition) is 2. The van der Waals surface area contributed by atoms with E-state index in [1.54, 1.807) is 4.31 Å². The van der Waals surface area contributed by atoms with E-state index in [0.717, 1.165) is 25.9 Å². The Morgan fingerprint density at radius 1 is 0.833 bits per heavy atom. The third kappa shape index (κ3) is 3.68. The zero-order valence-electron chi connectivity index (χ0n) is 12.8. The predicted molar refractivity (Wildman–Crippen MR) is 84.8 cm³/mol. The van der Waals surface area contributed by atoms with E-state index in [9.17, 15) is 8.42 Å². The Balaban J connectivity index is 3.12. The molecule has 0 unspecified atom stereocenters. The predicted octanol–water partition coefficient (Wildman–Crippen LogP) is 2.93. The topological polar surface area (TPSA) is 37.4 Å². The van der Waals surface area contributed by atoms with Gasteiger partial charge in [-0.3, -0.25) is 0 Å². The molecule has 1 rings (SSSR count). The summed E-state index contributed by atoms with van der Waals surface area (Å²) in [4.78, 5) is 0. The molecular weight excluding hydrogens is 278 g/mol. The molecule has 0 radical (unpaired) electrons. The Morgan fingerprint density at radius 3 is 1.56 bits per heavy atom. The van der Waals surface area contributed by atoms with Crippen molar-refractivity contribution < 1.29 is 8.42 Å². The van der Waals surface area contributed by atoms with Crippen LogP contribution in [0.25, 0.3) is 0 Å². The van der Waals surface area contributed by atoms with Gasteiger partial charge in [0, 0.05) is 13.1 Å². The van der Waals surface area contributed by atoms with Crippen molar-refractivity contribution in [1.82, 2.24) is 4.31 Å². The van der Waals surface area contributed by atoms with Crippen molar-refractivity contribution >= 4 is 26.2 Å². The van der Waals surface area contributed by atoms with Gasteiger partial charge in [-0.2, -0.15) is 0 Å². The second-order valence-electron chi connectivity index (χ2n) is 7.62. The molecule has 1 aliphatic heterocycles. The maximum absolute atomic E-state index is 13.0. The standard InChI is InChI=1S/C12H29NO2SSi2/c1-17(2,3)12(18(4,5)6)16(14,15)13-10-8-7-9-11-13/h12H,7-11H2,1-6H3. The molecule has 0 atom stereocenters. The molecule has 0 spiro atoms. The van der Waals surface area contributed by atoms with Gasteiger partial charge in [-0.1, -0.05) is 45.7 Å². The highest BCUT2D eigenvalue weighted by molar-refractivity contribution is 7.94. The summed E-state index contributed by atoms with van der Waals surface area (Å²) in [5, 5.41) is 0. The Morgan fingerprint density at radius 2 is 1.22 bits per heavy atom. The highest BCUT2D eigenvalue weighted by Crippen LogP contribution is 2.29. The van der Waals surface area contributed by atoms with E-state index in [4.69, 9.17) is 0 Å². The molecule has 0 saturated carbocycles. The second-order valence-corrected chi connectivity index (χ2v) is 21.7. The molecule has 1 aliphatic rings. The zero-order valence-corrected chi connectivity index (χ0v) is 15.6. The molecule has 3 nitrogen and oxygen atoms in total. The minimum absolute atomic E-state index is 0.0596. The number of nitrogens with zero attached hydrogens (tertiary/aromatic N) is 1. The van der Waals surface area contributed by atoms with Crippen molar-refractivity contribution in [3.8, 4) is 0 Å². The molecule has 0 aromatic heterocycles. The molecule has 1 heterocycles. The largest absolute Gasteiger partial charge is 0.213 e. The first-order chi connectivity index (χ1) is 7.97. The highest BCUT2D eigenvalue weighted by atomic mass is 32.2. The lowest BCUT2D eigenvalue weighted by Crippen LogP contribution is -2.62. The van der Waals surface area contributed by atoms with Gasteiger partial charge in [0.1, 0.15) is 0 Å². The van der Waals surface area contributed by atoms with Crippen LogP contribution in [0.1, 0.15) is 19.3 Å². The average Bonchev–Trinajstić information content (AvgIpc) is 2.13. The minimum Gasteiger partial charge on any atom is -0.213 e. The number of sulfonamides is 1. The Hall–Kier alpha value is 0.344. The number of piperidine rings is 1. The molecule has 18 heavy (non-hydrogen) atoms. The first-order valence-corrected chi connectivity index (χ1v) is 15.6. The fraction of sp³-hybridized carbons (Fsp3) is 1.00. The highest BCUT2D eigenvalue weighted by Gasteiger charge is 2.48. The molecule has 0 amide bonds. The quantitative estimate of drug-likeness (QED) is 0.749. The van der Waals surface area contributed by atoms with Gasteiger partial charge in [0.2, 0.25) is 10.0 Å².